The van der Waals surface area contributed by atoms with Gasteiger partial charge in [-0.25, -0.2) is 4.39 Å². The van der Waals surface area contributed by atoms with Gasteiger partial charge in [0.25, 0.3) is 5.91 Å². The van der Waals surface area contributed by atoms with Gasteiger partial charge in [0.15, 0.2) is 5.69 Å². The lowest BCUT2D eigenvalue weighted by Gasteiger charge is -2.26. The lowest BCUT2D eigenvalue weighted by molar-refractivity contribution is -0.00702. The average Bonchev–Trinajstić information content (AvgIpc) is 2.87. The van der Waals surface area contributed by atoms with Gasteiger partial charge in [0.2, 0.25) is 0 Å². The van der Waals surface area contributed by atoms with Crippen LogP contribution in [0.3, 0.4) is 0 Å². The molecule has 1 amide bonds. The van der Waals surface area contributed by atoms with E-state index in [1.807, 2.05) is 13.8 Å². The summed E-state index contributed by atoms with van der Waals surface area (Å²) in [5.41, 5.74) is 3.04. The fraction of sp³-hybridized carbons (Fsp3) is 0.444. The molecule has 7 heteroatoms. The number of aromatic nitrogens is 2. The van der Waals surface area contributed by atoms with Crippen molar-refractivity contribution in [1.29, 1.82) is 0 Å². The molecule has 1 N–H and O–H groups in total. The van der Waals surface area contributed by atoms with E-state index < -0.39 is 0 Å². The minimum atomic E-state index is -0.345. The number of H-pyrrole nitrogens is 1. The number of ether oxygens (including phenoxy) is 2. The number of nitrogens with one attached hydrogen (secondary N) is 1. The molecule has 1 aromatic heterocycles. The quantitative estimate of drug-likeness (QED) is 0.863. The van der Waals surface area contributed by atoms with Gasteiger partial charge in [0.1, 0.15) is 18.2 Å². The molecule has 0 fully saturated rings. The van der Waals surface area contributed by atoms with Gasteiger partial charge in [0.05, 0.1) is 24.4 Å². The highest BCUT2D eigenvalue weighted by Crippen LogP contribution is 2.31. The van der Waals surface area contributed by atoms with Crippen LogP contribution in [0.1, 0.15) is 47.3 Å². The standard InChI is InChI=1S/C18H20FN3O3/c1-10-7-14-16(11(2)25-10)20-21-17(14)18(23)22-5-6-24-15-8-13(19)4-3-12(15)9-22/h3-4,8,10-11H,5-7,9H2,1-2H3,(H,20,21)/t10-,11+/m1/s1. The normalized spacial score (nSPS) is 22.6. The molecule has 0 aliphatic carbocycles. The summed E-state index contributed by atoms with van der Waals surface area (Å²) >= 11 is 0. The van der Waals surface area contributed by atoms with Crippen molar-refractivity contribution >= 4 is 5.91 Å². The molecule has 2 atom stereocenters. The van der Waals surface area contributed by atoms with Crippen LogP contribution in [0.15, 0.2) is 18.2 Å². The summed E-state index contributed by atoms with van der Waals surface area (Å²) in [4.78, 5) is 14.7. The fourth-order valence-electron chi connectivity index (χ4n) is 3.52. The Kier molecular flexibility index (Phi) is 3.95. The summed E-state index contributed by atoms with van der Waals surface area (Å²) in [5.74, 6) is 0.0115. The van der Waals surface area contributed by atoms with E-state index >= 15 is 0 Å². The van der Waals surface area contributed by atoms with Gasteiger partial charge in [-0.3, -0.25) is 9.89 Å². The Bertz CT molecular complexity index is 820. The molecule has 0 bridgehead atoms. The fourth-order valence-corrected chi connectivity index (χ4v) is 3.52. The number of fused-ring (bicyclic) bond motifs is 2. The second kappa shape index (κ2) is 6.15. The van der Waals surface area contributed by atoms with E-state index in [9.17, 15) is 9.18 Å². The van der Waals surface area contributed by atoms with Crippen molar-refractivity contribution < 1.29 is 18.7 Å². The third-order valence-electron chi connectivity index (χ3n) is 4.73. The number of aromatic amines is 1. The zero-order valence-corrected chi connectivity index (χ0v) is 14.2. The Hall–Kier alpha value is -2.41. The van der Waals surface area contributed by atoms with Crippen molar-refractivity contribution in [2.24, 2.45) is 0 Å². The lowest BCUT2D eigenvalue weighted by atomic mass is 9.99. The number of carbonyl (C=O) groups is 1. The van der Waals surface area contributed by atoms with Crippen molar-refractivity contribution in [2.75, 3.05) is 13.2 Å². The van der Waals surface area contributed by atoms with Crippen LogP contribution in [0.4, 0.5) is 4.39 Å². The largest absolute Gasteiger partial charge is 0.491 e. The summed E-state index contributed by atoms with van der Waals surface area (Å²) in [7, 11) is 0. The Labute approximate surface area is 144 Å². The second-order valence-corrected chi connectivity index (χ2v) is 6.58. The molecule has 4 rings (SSSR count). The molecule has 0 spiro atoms. The zero-order valence-electron chi connectivity index (χ0n) is 14.2. The van der Waals surface area contributed by atoms with Crippen LogP contribution in [-0.2, 0) is 17.7 Å². The minimum Gasteiger partial charge on any atom is -0.491 e. The number of carbonyl (C=O) groups excluding carboxylic acids is 1. The summed E-state index contributed by atoms with van der Waals surface area (Å²) < 4.78 is 24.8. The average molecular weight is 345 g/mol. The van der Waals surface area contributed by atoms with E-state index in [-0.39, 0.29) is 23.9 Å². The van der Waals surface area contributed by atoms with Gasteiger partial charge >= 0.3 is 0 Å². The van der Waals surface area contributed by atoms with Gasteiger partial charge < -0.3 is 14.4 Å². The van der Waals surface area contributed by atoms with Crippen LogP contribution < -0.4 is 4.74 Å². The molecule has 1 aromatic carbocycles. The molecule has 6 nitrogen and oxygen atoms in total. The maximum atomic E-state index is 13.4. The first-order valence-corrected chi connectivity index (χ1v) is 8.46. The Balaban J connectivity index is 1.62. The third-order valence-corrected chi connectivity index (χ3v) is 4.73. The van der Waals surface area contributed by atoms with Crippen molar-refractivity contribution in [3.8, 4) is 5.75 Å². The van der Waals surface area contributed by atoms with E-state index in [1.54, 1.807) is 11.0 Å². The number of nitrogens with zero attached hydrogens (tertiary/aromatic N) is 2. The molecule has 3 heterocycles. The van der Waals surface area contributed by atoms with Gasteiger partial charge in [-0.15, -0.1) is 0 Å². The number of hydrogen-bond acceptors (Lipinski definition) is 4. The number of hydrogen-bond donors (Lipinski definition) is 1. The molecule has 0 saturated heterocycles. The summed E-state index contributed by atoms with van der Waals surface area (Å²) in [6, 6.07) is 4.40. The number of amides is 1. The molecule has 132 valence electrons. The topological polar surface area (TPSA) is 67.5 Å². The highest BCUT2D eigenvalue weighted by Gasteiger charge is 2.32. The molecular weight excluding hydrogens is 325 g/mol. The van der Waals surface area contributed by atoms with Gasteiger partial charge in [0, 0.05) is 30.2 Å². The molecule has 2 aliphatic rings. The zero-order chi connectivity index (χ0) is 17.6. The van der Waals surface area contributed by atoms with Crippen LogP contribution in [0.5, 0.6) is 5.75 Å². The molecular formula is C18H20FN3O3. The monoisotopic (exact) mass is 345 g/mol. The first kappa shape index (κ1) is 16.1. The maximum absolute atomic E-state index is 13.4. The predicted octanol–water partition coefficient (Wildman–Crippen LogP) is 2.61. The Morgan fingerprint density at radius 1 is 1.40 bits per heavy atom. The van der Waals surface area contributed by atoms with E-state index in [0.717, 1.165) is 16.8 Å². The van der Waals surface area contributed by atoms with E-state index in [4.69, 9.17) is 9.47 Å². The molecule has 0 radical (unpaired) electrons. The third kappa shape index (κ3) is 2.89. The van der Waals surface area contributed by atoms with Crippen molar-refractivity contribution in [2.45, 2.75) is 39.0 Å². The number of benzene rings is 1. The molecule has 2 aromatic rings. The SMILES string of the molecule is C[C@@H]1Cc2c(C(=O)N3CCOc4cc(F)ccc4C3)n[nH]c2[C@H](C)O1. The molecule has 25 heavy (non-hydrogen) atoms. The maximum Gasteiger partial charge on any atom is 0.275 e. The van der Waals surface area contributed by atoms with Crippen LogP contribution in [0.2, 0.25) is 0 Å². The van der Waals surface area contributed by atoms with Crippen LogP contribution >= 0.6 is 0 Å². The Morgan fingerprint density at radius 2 is 2.24 bits per heavy atom. The minimum absolute atomic E-state index is 0.0443. The van der Waals surface area contributed by atoms with Gasteiger partial charge in [-0.1, -0.05) is 6.07 Å². The summed E-state index contributed by atoms with van der Waals surface area (Å²) in [6.07, 6.45) is 0.593. The van der Waals surface area contributed by atoms with Crippen molar-refractivity contribution in [3.05, 3.63) is 46.5 Å². The second-order valence-electron chi connectivity index (χ2n) is 6.58. The van der Waals surface area contributed by atoms with Gasteiger partial charge in [-0.05, 0) is 19.9 Å². The first-order valence-electron chi connectivity index (χ1n) is 8.46. The highest BCUT2D eigenvalue weighted by molar-refractivity contribution is 5.94. The summed E-state index contributed by atoms with van der Waals surface area (Å²) in [6.45, 7) is 5.07. The lowest BCUT2D eigenvalue weighted by Crippen LogP contribution is -2.34. The van der Waals surface area contributed by atoms with Gasteiger partial charge in [-0.2, -0.15) is 5.10 Å². The van der Waals surface area contributed by atoms with Crippen LogP contribution in [-0.4, -0.2) is 40.3 Å². The number of halogens is 1. The van der Waals surface area contributed by atoms with Crippen molar-refractivity contribution in [3.63, 3.8) is 0 Å². The van der Waals surface area contributed by atoms with E-state index in [0.29, 0.717) is 37.6 Å². The van der Waals surface area contributed by atoms with E-state index in [2.05, 4.69) is 10.2 Å². The number of rotatable bonds is 1. The predicted molar refractivity (Wildman–Crippen MR) is 87.9 cm³/mol. The van der Waals surface area contributed by atoms with Crippen LogP contribution in [0.25, 0.3) is 0 Å². The summed E-state index contributed by atoms with van der Waals surface area (Å²) in [5, 5.41) is 7.22. The first-order chi connectivity index (χ1) is 12.0. The highest BCUT2D eigenvalue weighted by atomic mass is 19.1. The Morgan fingerprint density at radius 3 is 3.08 bits per heavy atom. The molecule has 2 aliphatic heterocycles. The smallest absolute Gasteiger partial charge is 0.275 e. The van der Waals surface area contributed by atoms with Crippen molar-refractivity contribution in [1.82, 2.24) is 15.1 Å². The van der Waals surface area contributed by atoms with E-state index in [1.165, 1.54) is 12.1 Å². The van der Waals surface area contributed by atoms with Crippen LogP contribution in [0, 0.1) is 5.82 Å². The molecule has 0 unspecified atom stereocenters. The molecule has 0 saturated carbocycles.